The minimum absolute atomic E-state index is 0.746. The van der Waals surface area contributed by atoms with Crippen LogP contribution < -0.4 is 0 Å². The second-order valence-corrected chi connectivity index (χ2v) is 11.1. The molecule has 0 aliphatic carbocycles. The molecular formula is C40H24N4. The lowest BCUT2D eigenvalue weighted by Gasteiger charge is -2.18. The molecule has 0 atom stereocenters. The zero-order valence-corrected chi connectivity index (χ0v) is 23.6. The molecule has 2 aromatic heterocycles. The number of rotatable bonds is 2. The molecule has 1 aliphatic heterocycles. The lowest BCUT2D eigenvalue weighted by atomic mass is 9.97. The number of nitrogens with zero attached hydrogens (tertiary/aromatic N) is 4. The van der Waals surface area contributed by atoms with Gasteiger partial charge < -0.3 is 0 Å². The van der Waals surface area contributed by atoms with E-state index in [2.05, 4.69) is 109 Å². The third-order valence-electron chi connectivity index (χ3n) is 8.37. The molecular weight excluding hydrogens is 536 g/mol. The minimum Gasteiger partial charge on any atom is -0.244 e. The molecule has 8 aromatic rings. The van der Waals surface area contributed by atoms with Gasteiger partial charge in [0.2, 0.25) is 0 Å². The van der Waals surface area contributed by atoms with Crippen LogP contribution in [0.25, 0.3) is 43.4 Å². The first kappa shape index (κ1) is 24.6. The Kier molecular flexibility index (Phi) is 5.47. The van der Waals surface area contributed by atoms with Crippen LogP contribution in [-0.4, -0.2) is 21.4 Å². The number of aromatic nitrogens is 2. The lowest BCUT2D eigenvalue weighted by molar-refractivity contribution is 1.27. The van der Waals surface area contributed by atoms with Gasteiger partial charge in [0.05, 0.1) is 33.8 Å². The topological polar surface area (TPSA) is 50.5 Å². The summed E-state index contributed by atoms with van der Waals surface area (Å²) >= 11 is 0. The van der Waals surface area contributed by atoms with Crippen LogP contribution in [0.5, 0.6) is 0 Å². The van der Waals surface area contributed by atoms with Gasteiger partial charge >= 0.3 is 0 Å². The molecule has 4 heteroatoms. The maximum Gasteiger partial charge on any atom is 0.116 e. The van der Waals surface area contributed by atoms with Crippen molar-refractivity contribution in [3.05, 3.63) is 168 Å². The van der Waals surface area contributed by atoms with Gasteiger partial charge in [-0.1, -0.05) is 109 Å². The van der Waals surface area contributed by atoms with Crippen LogP contribution in [0.1, 0.15) is 22.5 Å². The van der Waals surface area contributed by atoms with Crippen molar-refractivity contribution >= 4 is 66.1 Å². The first-order valence-electron chi connectivity index (χ1n) is 14.7. The van der Waals surface area contributed by atoms with E-state index in [1.807, 2.05) is 36.4 Å². The fourth-order valence-electron chi connectivity index (χ4n) is 6.15. The maximum atomic E-state index is 5.42. The number of benzene rings is 6. The largest absolute Gasteiger partial charge is 0.244 e. The van der Waals surface area contributed by atoms with Crippen molar-refractivity contribution < 1.29 is 0 Å². The van der Waals surface area contributed by atoms with E-state index in [1.165, 1.54) is 10.8 Å². The average molecular weight is 561 g/mol. The van der Waals surface area contributed by atoms with Gasteiger partial charge in [-0.05, 0) is 57.9 Å². The summed E-state index contributed by atoms with van der Waals surface area (Å²) in [4.78, 5) is 21.3. The first-order chi connectivity index (χ1) is 21.8. The number of aliphatic imine (C=N–C) groups is 2. The summed E-state index contributed by atoms with van der Waals surface area (Å²) in [5.41, 5.74) is 8.34. The SMILES string of the molecule is c1ccc2cc(C3=Nc4cc5ccccc5nc4C(c4ccc5ccccc5c4)=Nc4cc5ccccc5nc43)ccc2c1. The fourth-order valence-corrected chi connectivity index (χ4v) is 6.15. The molecule has 44 heavy (non-hydrogen) atoms. The third kappa shape index (κ3) is 4.08. The minimum atomic E-state index is 0.746. The normalized spacial score (nSPS) is 12.8. The number of pyridine rings is 2. The smallest absolute Gasteiger partial charge is 0.116 e. The van der Waals surface area contributed by atoms with E-state index in [9.17, 15) is 0 Å². The van der Waals surface area contributed by atoms with E-state index in [0.29, 0.717) is 0 Å². The second kappa shape index (κ2) is 9.79. The molecule has 4 nitrogen and oxygen atoms in total. The van der Waals surface area contributed by atoms with Crippen LogP contribution in [0, 0.1) is 0 Å². The summed E-state index contributed by atoms with van der Waals surface area (Å²) in [5.74, 6) is 0. The average Bonchev–Trinajstić information content (AvgIpc) is 3.08. The van der Waals surface area contributed by atoms with Gasteiger partial charge in [-0.3, -0.25) is 0 Å². The Bertz CT molecular complexity index is 2330. The Morgan fingerprint density at radius 3 is 1.16 bits per heavy atom. The quantitative estimate of drug-likeness (QED) is 0.211. The maximum absolute atomic E-state index is 5.42. The van der Waals surface area contributed by atoms with E-state index < -0.39 is 0 Å². The molecule has 1 aliphatic rings. The van der Waals surface area contributed by atoms with Crippen molar-refractivity contribution in [2.24, 2.45) is 9.98 Å². The molecule has 6 aromatic carbocycles. The number of fused-ring (bicyclic) bond motifs is 6. The Balaban J connectivity index is 1.39. The lowest BCUT2D eigenvalue weighted by Crippen LogP contribution is -2.13. The number of para-hydroxylation sites is 2. The Morgan fingerprint density at radius 1 is 0.318 bits per heavy atom. The molecule has 204 valence electrons. The summed E-state index contributed by atoms with van der Waals surface area (Å²) in [7, 11) is 0. The zero-order chi connectivity index (χ0) is 29.0. The molecule has 0 N–H and O–H groups in total. The monoisotopic (exact) mass is 560 g/mol. The van der Waals surface area contributed by atoms with Crippen molar-refractivity contribution in [1.29, 1.82) is 0 Å². The summed E-state index contributed by atoms with van der Waals surface area (Å²) in [6, 6.07) is 50.4. The van der Waals surface area contributed by atoms with Crippen LogP contribution in [0.2, 0.25) is 0 Å². The molecule has 0 saturated carbocycles. The van der Waals surface area contributed by atoms with Crippen LogP contribution in [0.4, 0.5) is 11.4 Å². The van der Waals surface area contributed by atoms with Gasteiger partial charge in [-0.25, -0.2) is 20.0 Å². The number of hydrogen-bond donors (Lipinski definition) is 0. The highest BCUT2D eigenvalue weighted by Crippen LogP contribution is 2.36. The van der Waals surface area contributed by atoms with Crippen molar-refractivity contribution in [3.8, 4) is 0 Å². The van der Waals surface area contributed by atoms with E-state index in [-0.39, 0.29) is 0 Å². The Morgan fingerprint density at radius 2 is 0.705 bits per heavy atom. The number of hydrogen-bond acceptors (Lipinski definition) is 4. The zero-order valence-electron chi connectivity index (χ0n) is 23.6. The molecule has 0 spiro atoms. The molecule has 0 unspecified atom stereocenters. The summed E-state index contributed by atoms with van der Waals surface area (Å²) in [5, 5.41) is 6.71. The standard InChI is InChI=1S/C40H24N4/c1-3-11-27-21-31(19-17-25(27)9-1)37-39-35(23-29-13-5-7-15-33(29)41-39)44-38(32-20-18-26-10-2-4-12-28(26)22-32)40-36(43-37)24-30-14-6-8-16-34(30)42-40/h1-24H. The van der Waals surface area contributed by atoms with Crippen LogP contribution in [-0.2, 0) is 0 Å². The highest BCUT2D eigenvalue weighted by molar-refractivity contribution is 6.23. The van der Waals surface area contributed by atoms with Gasteiger partial charge in [0, 0.05) is 21.9 Å². The summed E-state index contributed by atoms with van der Waals surface area (Å²) in [6.07, 6.45) is 0. The van der Waals surface area contributed by atoms with E-state index in [1.54, 1.807) is 0 Å². The van der Waals surface area contributed by atoms with Crippen molar-refractivity contribution in [2.75, 3.05) is 0 Å². The summed E-state index contributed by atoms with van der Waals surface area (Å²) in [6.45, 7) is 0. The fraction of sp³-hybridized carbons (Fsp3) is 0. The van der Waals surface area contributed by atoms with Crippen molar-refractivity contribution in [2.45, 2.75) is 0 Å². The third-order valence-corrected chi connectivity index (χ3v) is 8.37. The summed E-state index contributed by atoms with van der Waals surface area (Å²) < 4.78 is 0. The van der Waals surface area contributed by atoms with Crippen LogP contribution >= 0.6 is 0 Å². The van der Waals surface area contributed by atoms with Crippen LogP contribution in [0.15, 0.2) is 156 Å². The molecule has 3 heterocycles. The highest BCUT2D eigenvalue weighted by Gasteiger charge is 2.24. The van der Waals surface area contributed by atoms with Gasteiger partial charge in [0.1, 0.15) is 11.4 Å². The van der Waals surface area contributed by atoms with Gasteiger partial charge in [-0.15, -0.1) is 0 Å². The Hall–Kier alpha value is -6.00. The van der Waals surface area contributed by atoms with Gasteiger partial charge in [-0.2, -0.15) is 0 Å². The molecule has 9 rings (SSSR count). The molecule has 0 saturated heterocycles. The van der Waals surface area contributed by atoms with Crippen molar-refractivity contribution in [3.63, 3.8) is 0 Å². The second-order valence-electron chi connectivity index (χ2n) is 11.1. The van der Waals surface area contributed by atoms with E-state index in [4.69, 9.17) is 20.0 Å². The Labute approximate surface area is 253 Å². The van der Waals surface area contributed by atoms with Gasteiger partial charge in [0.15, 0.2) is 0 Å². The predicted molar refractivity (Wildman–Crippen MR) is 182 cm³/mol. The predicted octanol–water partition coefficient (Wildman–Crippen LogP) is 9.74. The van der Waals surface area contributed by atoms with Crippen molar-refractivity contribution in [1.82, 2.24) is 9.97 Å². The first-order valence-corrected chi connectivity index (χ1v) is 14.7. The molecule has 0 fully saturated rings. The van der Waals surface area contributed by atoms with Crippen LogP contribution in [0.3, 0.4) is 0 Å². The van der Waals surface area contributed by atoms with E-state index in [0.717, 1.165) is 77.9 Å². The molecule has 0 radical (unpaired) electrons. The van der Waals surface area contributed by atoms with E-state index >= 15 is 0 Å². The van der Waals surface area contributed by atoms with Gasteiger partial charge in [0.25, 0.3) is 0 Å². The molecule has 0 bridgehead atoms. The molecule has 0 amide bonds. The highest BCUT2D eigenvalue weighted by atomic mass is 14.9.